The number of piperidine rings is 1. The van der Waals surface area contributed by atoms with Crippen LogP contribution in [0.4, 0.5) is 4.79 Å². The minimum atomic E-state index is -0.454. The number of nitrogens with zero attached hydrogens (tertiary/aromatic N) is 1. The van der Waals surface area contributed by atoms with Crippen molar-refractivity contribution in [3.8, 4) is 0 Å². The van der Waals surface area contributed by atoms with Crippen LogP contribution in [0, 0.1) is 5.92 Å². The number of carbonyl (C=O) groups excluding carboxylic acids is 1. The Morgan fingerprint density at radius 1 is 1.26 bits per heavy atom. The molecule has 1 unspecified atom stereocenters. The Morgan fingerprint density at radius 2 is 1.95 bits per heavy atom. The highest BCUT2D eigenvalue weighted by atomic mass is 16.6. The van der Waals surface area contributed by atoms with Crippen molar-refractivity contribution in [3.63, 3.8) is 0 Å². The summed E-state index contributed by atoms with van der Waals surface area (Å²) in [6.07, 6.45) is 9.80. The van der Waals surface area contributed by atoms with Crippen molar-refractivity contribution in [2.45, 2.75) is 45.3 Å². The maximum atomic E-state index is 12.3. The van der Waals surface area contributed by atoms with Crippen molar-refractivity contribution in [3.05, 3.63) is 24.4 Å². The van der Waals surface area contributed by atoms with E-state index in [-0.39, 0.29) is 12.1 Å². The lowest BCUT2D eigenvalue weighted by Gasteiger charge is -2.37. The van der Waals surface area contributed by atoms with Gasteiger partial charge in [-0.15, -0.1) is 0 Å². The molecule has 0 spiro atoms. The van der Waals surface area contributed by atoms with Crippen molar-refractivity contribution >= 4 is 6.09 Å². The zero-order chi connectivity index (χ0) is 13.9. The van der Waals surface area contributed by atoms with Gasteiger partial charge in [-0.25, -0.2) is 4.79 Å². The van der Waals surface area contributed by atoms with Crippen LogP contribution in [-0.4, -0.2) is 35.7 Å². The Bertz CT molecular complexity index is 376. The van der Waals surface area contributed by atoms with E-state index in [4.69, 9.17) is 4.74 Å². The van der Waals surface area contributed by atoms with Crippen LogP contribution in [0.1, 0.15) is 33.6 Å². The van der Waals surface area contributed by atoms with E-state index in [1.165, 1.54) is 0 Å². The van der Waals surface area contributed by atoms with Gasteiger partial charge in [0.25, 0.3) is 0 Å². The fourth-order valence-electron chi connectivity index (χ4n) is 2.58. The van der Waals surface area contributed by atoms with Crippen LogP contribution < -0.4 is 5.32 Å². The lowest BCUT2D eigenvalue weighted by Crippen LogP contribution is -2.46. The first-order valence-electron chi connectivity index (χ1n) is 7.04. The highest BCUT2D eigenvalue weighted by Gasteiger charge is 2.32. The van der Waals surface area contributed by atoms with Crippen molar-refractivity contribution < 1.29 is 9.53 Å². The second kappa shape index (κ2) is 5.78. The third-order valence-corrected chi connectivity index (χ3v) is 3.46. The average molecular weight is 264 g/mol. The molecule has 4 nitrogen and oxygen atoms in total. The third kappa shape index (κ3) is 3.83. The number of allylic oxidation sites excluding steroid dienone is 2. The topological polar surface area (TPSA) is 41.6 Å². The summed E-state index contributed by atoms with van der Waals surface area (Å²) in [6.45, 7) is 7.75. The van der Waals surface area contributed by atoms with E-state index in [0.29, 0.717) is 5.92 Å². The molecule has 4 heteroatoms. The molecule has 1 amide bonds. The van der Waals surface area contributed by atoms with Gasteiger partial charge < -0.3 is 10.1 Å². The zero-order valence-corrected chi connectivity index (χ0v) is 12.1. The van der Waals surface area contributed by atoms with E-state index in [2.05, 4.69) is 11.4 Å². The quantitative estimate of drug-likeness (QED) is 0.791. The lowest BCUT2D eigenvalue weighted by atomic mass is 9.88. The van der Waals surface area contributed by atoms with Gasteiger partial charge in [-0.3, -0.25) is 4.90 Å². The molecule has 0 aromatic rings. The highest BCUT2D eigenvalue weighted by molar-refractivity contribution is 5.70. The van der Waals surface area contributed by atoms with Crippen LogP contribution in [0.2, 0.25) is 0 Å². The van der Waals surface area contributed by atoms with Gasteiger partial charge in [-0.05, 0) is 58.7 Å². The van der Waals surface area contributed by atoms with Gasteiger partial charge in [0, 0.05) is 6.20 Å². The van der Waals surface area contributed by atoms with Gasteiger partial charge in [-0.1, -0.05) is 12.2 Å². The molecule has 0 aromatic carbocycles. The van der Waals surface area contributed by atoms with Crippen LogP contribution >= 0.6 is 0 Å². The predicted octanol–water partition coefficient (Wildman–Crippen LogP) is 2.68. The summed E-state index contributed by atoms with van der Waals surface area (Å²) in [5.74, 6) is 0.509. The molecule has 19 heavy (non-hydrogen) atoms. The van der Waals surface area contributed by atoms with Crippen LogP contribution in [0.3, 0.4) is 0 Å². The van der Waals surface area contributed by atoms with Gasteiger partial charge in [0.15, 0.2) is 0 Å². The van der Waals surface area contributed by atoms with Crippen LogP contribution in [-0.2, 0) is 4.74 Å². The van der Waals surface area contributed by atoms with Gasteiger partial charge in [-0.2, -0.15) is 0 Å². The minimum absolute atomic E-state index is 0.127. The smallest absolute Gasteiger partial charge is 0.414 e. The van der Waals surface area contributed by atoms with Gasteiger partial charge in [0.05, 0.1) is 6.04 Å². The normalized spacial score (nSPS) is 24.6. The SMILES string of the molecule is CC(C)(C)OC(=O)N1C=CC=CC1C1CCNCC1. The first kappa shape index (κ1) is 14.1. The summed E-state index contributed by atoms with van der Waals surface area (Å²) < 4.78 is 5.48. The molecule has 0 radical (unpaired) electrons. The molecule has 106 valence electrons. The number of hydrogen-bond donors (Lipinski definition) is 1. The maximum Gasteiger partial charge on any atom is 0.414 e. The van der Waals surface area contributed by atoms with Gasteiger partial charge in [0.2, 0.25) is 0 Å². The number of amides is 1. The van der Waals surface area contributed by atoms with E-state index in [1.54, 1.807) is 4.90 Å². The molecule has 0 saturated carbocycles. The molecule has 0 aromatic heterocycles. The van der Waals surface area contributed by atoms with Crippen LogP contribution in [0.15, 0.2) is 24.4 Å². The van der Waals surface area contributed by atoms with Crippen molar-refractivity contribution in [1.82, 2.24) is 10.2 Å². The zero-order valence-electron chi connectivity index (χ0n) is 12.1. The second-order valence-corrected chi connectivity index (χ2v) is 6.19. The molecule has 1 fully saturated rings. The summed E-state index contributed by atoms with van der Waals surface area (Å²) in [6, 6.07) is 0.127. The molecular formula is C15H24N2O2. The molecule has 1 N–H and O–H groups in total. The van der Waals surface area contributed by atoms with Crippen LogP contribution in [0.5, 0.6) is 0 Å². The Kier molecular flexibility index (Phi) is 4.30. The summed E-state index contributed by atoms with van der Waals surface area (Å²) in [4.78, 5) is 14.0. The van der Waals surface area contributed by atoms with E-state index in [0.717, 1.165) is 25.9 Å². The largest absolute Gasteiger partial charge is 0.443 e. The third-order valence-electron chi connectivity index (χ3n) is 3.46. The van der Waals surface area contributed by atoms with E-state index in [1.807, 2.05) is 39.1 Å². The summed E-state index contributed by atoms with van der Waals surface area (Å²) in [5, 5.41) is 3.36. The van der Waals surface area contributed by atoms with Crippen molar-refractivity contribution in [2.24, 2.45) is 5.92 Å². The monoisotopic (exact) mass is 264 g/mol. The Morgan fingerprint density at radius 3 is 2.58 bits per heavy atom. The predicted molar refractivity (Wildman–Crippen MR) is 75.7 cm³/mol. The maximum absolute atomic E-state index is 12.3. The molecule has 2 heterocycles. The average Bonchev–Trinajstić information content (AvgIpc) is 2.38. The molecule has 2 aliphatic heterocycles. The first-order chi connectivity index (χ1) is 8.97. The summed E-state index contributed by atoms with van der Waals surface area (Å²) in [7, 11) is 0. The number of ether oxygens (including phenoxy) is 1. The second-order valence-electron chi connectivity index (χ2n) is 6.19. The minimum Gasteiger partial charge on any atom is -0.443 e. The fraction of sp³-hybridized carbons (Fsp3) is 0.667. The summed E-state index contributed by atoms with van der Waals surface area (Å²) >= 11 is 0. The Balaban J connectivity index is 2.06. The molecular weight excluding hydrogens is 240 g/mol. The van der Waals surface area contributed by atoms with Gasteiger partial charge >= 0.3 is 6.09 Å². The molecule has 0 bridgehead atoms. The van der Waals surface area contributed by atoms with Crippen molar-refractivity contribution in [1.29, 1.82) is 0 Å². The molecule has 2 aliphatic rings. The summed E-state index contributed by atoms with van der Waals surface area (Å²) in [5.41, 5.74) is -0.454. The van der Waals surface area contributed by atoms with E-state index >= 15 is 0 Å². The van der Waals surface area contributed by atoms with Crippen molar-refractivity contribution in [2.75, 3.05) is 13.1 Å². The Labute approximate surface area is 115 Å². The number of rotatable bonds is 1. The highest BCUT2D eigenvalue weighted by Crippen LogP contribution is 2.26. The molecule has 1 atom stereocenters. The standard InChI is InChI=1S/C15H24N2O2/c1-15(2,3)19-14(18)17-11-5-4-6-13(17)12-7-9-16-10-8-12/h4-6,11-13,16H,7-10H2,1-3H3. The number of carbonyl (C=O) groups is 1. The molecule has 1 saturated heterocycles. The number of hydrogen-bond acceptors (Lipinski definition) is 3. The molecule has 2 rings (SSSR count). The van der Waals surface area contributed by atoms with Gasteiger partial charge in [0.1, 0.15) is 5.60 Å². The fourth-order valence-corrected chi connectivity index (χ4v) is 2.58. The van der Waals surface area contributed by atoms with Crippen LogP contribution in [0.25, 0.3) is 0 Å². The van der Waals surface area contributed by atoms with E-state index in [9.17, 15) is 4.79 Å². The van der Waals surface area contributed by atoms with E-state index < -0.39 is 5.60 Å². The Hall–Kier alpha value is -1.29. The molecule has 0 aliphatic carbocycles. The first-order valence-corrected chi connectivity index (χ1v) is 7.04. The number of nitrogens with one attached hydrogen (secondary N) is 1. The lowest BCUT2D eigenvalue weighted by molar-refractivity contribution is 0.0243.